The third-order valence-corrected chi connectivity index (χ3v) is 11.5. The third-order valence-electron chi connectivity index (χ3n) is 11.5. The van der Waals surface area contributed by atoms with Crippen LogP contribution in [0.1, 0.15) is 239 Å². The minimum absolute atomic E-state index is 0.181. The molecule has 0 bridgehead atoms. The van der Waals surface area contributed by atoms with Crippen molar-refractivity contribution in [2.75, 3.05) is 47.5 Å². The van der Waals surface area contributed by atoms with Crippen LogP contribution in [-0.4, -0.2) is 87.4 Å². The Bertz CT molecular complexity index is 1070. The molecule has 0 aromatic rings. The number of rotatable bonds is 48. The number of unbranched alkanes of at least 4 members (excludes halogenated alkanes) is 29. The van der Waals surface area contributed by atoms with E-state index in [2.05, 4.69) is 38.2 Å². The largest absolute Gasteiger partial charge is 0.477 e. The molecular formula is C53H100NO8+. The summed E-state index contributed by atoms with van der Waals surface area (Å²) in [6.07, 6.45) is 48.1. The van der Waals surface area contributed by atoms with Gasteiger partial charge in [0.25, 0.3) is 6.29 Å². The van der Waals surface area contributed by atoms with E-state index in [0.29, 0.717) is 23.9 Å². The molecule has 0 aromatic heterocycles. The van der Waals surface area contributed by atoms with Gasteiger partial charge in [0.15, 0.2) is 6.10 Å². The van der Waals surface area contributed by atoms with Gasteiger partial charge in [-0.25, -0.2) is 4.79 Å². The highest BCUT2D eigenvalue weighted by Crippen LogP contribution is 2.16. The van der Waals surface area contributed by atoms with E-state index < -0.39 is 24.3 Å². The number of hydrogen-bond acceptors (Lipinski definition) is 7. The van der Waals surface area contributed by atoms with Crippen molar-refractivity contribution in [2.45, 2.75) is 251 Å². The molecule has 0 heterocycles. The van der Waals surface area contributed by atoms with Gasteiger partial charge in [-0.05, 0) is 44.9 Å². The SMILES string of the molecule is CCCCCC/C=C\C/C=C\CCCCCCCCCC(=O)OC(COC(=O)CCCCCCCCCCCCCCCCCCCCC)COC(OCC[N+](C)(C)C)C(=O)O. The molecule has 2 atom stereocenters. The lowest BCUT2D eigenvalue weighted by Gasteiger charge is -2.25. The summed E-state index contributed by atoms with van der Waals surface area (Å²) in [5, 5.41) is 9.67. The fraction of sp³-hybridized carbons (Fsp3) is 0.868. The van der Waals surface area contributed by atoms with Gasteiger partial charge in [0, 0.05) is 12.8 Å². The molecular weight excluding hydrogens is 779 g/mol. The van der Waals surface area contributed by atoms with E-state index in [1.807, 2.05) is 21.1 Å². The molecule has 9 heteroatoms. The number of carboxylic acids is 1. The van der Waals surface area contributed by atoms with Gasteiger partial charge in [0.05, 0.1) is 34.4 Å². The first-order valence-corrected chi connectivity index (χ1v) is 26.0. The first kappa shape index (κ1) is 59.8. The standard InChI is InChI=1S/C53H99NO8/c1-6-8-10-12-14-16-18-20-22-24-26-28-29-31-33-35-37-39-41-43-50(55)60-47-49(48-61-53(52(57)58)59-46-45-54(3,4)5)62-51(56)44-42-40-38-36-34-32-30-27-25-23-21-19-17-15-13-11-9-7-2/h17,19,23,25,49,53H,6-16,18,20-22,24,26-48H2,1-5H3/p+1/b19-17-,25-23-. The van der Waals surface area contributed by atoms with Crippen LogP contribution in [-0.2, 0) is 33.3 Å². The van der Waals surface area contributed by atoms with Gasteiger partial charge < -0.3 is 28.5 Å². The van der Waals surface area contributed by atoms with Crippen LogP contribution in [0.5, 0.6) is 0 Å². The molecule has 62 heavy (non-hydrogen) atoms. The predicted octanol–water partition coefficient (Wildman–Crippen LogP) is 14.4. The molecule has 2 unspecified atom stereocenters. The van der Waals surface area contributed by atoms with E-state index in [1.54, 1.807) is 0 Å². The van der Waals surface area contributed by atoms with Gasteiger partial charge >= 0.3 is 17.9 Å². The molecule has 0 fully saturated rings. The van der Waals surface area contributed by atoms with Crippen LogP contribution in [0.25, 0.3) is 0 Å². The van der Waals surface area contributed by atoms with E-state index in [1.165, 1.54) is 154 Å². The van der Waals surface area contributed by atoms with Gasteiger partial charge in [0.1, 0.15) is 13.2 Å². The second-order valence-electron chi connectivity index (χ2n) is 18.8. The molecule has 0 radical (unpaired) electrons. The molecule has 0 rings (SSSR count). The molecule has 0 saturated carbocycles. The van der Waals surface area contributed by atoms with E-state index in [9.17, 15) is 19.5 Å². The zero-order valence-electron chi connectivity index (χ0n) is 41.3. The lowest BCUT2D eigenvalue weighted by molar-refractivity contribution is -0.870. The van der Waals surface area contributed by atoms with Crippen molar-refractivity contribution in [3.8, 4) is 0 Å². The molecule has 0 spiro atoms. The van der Waals surface area contributed by atoms with Crippen molar-refractivity contribution in [1.29, 1.82) is 0 Å². The number of quaternary nitrogens is 1. The average molecular weight is 879 g/mol. The van der Waals surface area contributed by atoms with Crippen LogP contribution in [0.15, 0.2) is 24.3 Å². The van der Waals surface area contributed by atoms with Crippen molar-refractivity contribution in [1.82, 2.24) is 0 Å². The number of carbonyl (C=O) groups is 3. The van der Waals surface area contributed by atoms with Crippen molar-refractivity contribution < 1.29 is 42.9 Å². The van der Waals surface area contributed by atoms with E-state index >= 15 is 0 Å². The maximum absolute atomic E-state index is 12.8. The zero-order chi connectivity index (χ0) is 45.6. The Labute approximate surface area is 382 Å². The van der Waals surface area contributed by atoms with E-state index in [-0.39, 0.29) is 32.2 Å². The molecule has 0 aliphatic rings. The van der Waals surface area contributed by atoms with Crippen LogP contribution in [0.2, 0.25) is 0 Å². The van der Waals surface area contributed by atoms with Crippen molar-refractivity contribution in [3.05, 3.63) is 24.3 Å². The number of ether oxygens (including phenoxy) is 4. The number of carboxylic acid groups (broad SMARTS) is 1. The molecule has 0 aromatic carbocycles. The van der Waals surface area contributed by atoms with Crippen molar-refractivity contribution >= 4 is 17.9 Å². The highest BCUT2D eigenvalue weighted by Gasteiger charge is 2.25. The minimum Gasteiger partial charge on any atom is -0.477 e. The van der Waals surface area contributed by atoms with Gasteiger partial charge in [-0.3, -0.25) is 9.59 Å². The summed E-state index contributed by atoms with van der Waals surface area (Å²) < 4.78 is 22.8. The Balaban J connectivity index is 4.32. The van der Waals surface area contributed by atoms with E-state index in [4.69, 9.17) is 18.9 Å². The van der Waals surface area contributed by atoms with E-state index in [0.717, 1.165) is 51.4 Å². The lowest BCUT2D eigenvalue weighted by Crippen LogP contribution is -2.40. The lowest BCUT2D eigenvalue weighted by atomic mass is 10.0. The Morgan fingerprint density at radius 2 is 0.871 bits per heavy atom. The Kier molecular flexibility index (Phi) is 43.7. The Morgan fingerprint density at radius 3 is 1.29 bits per heavy atom. The summed E-state index contributed by atoms with van der Waals surface area (Å²) in [5.41, 5.74) is 0. The van der Waals surface area contributed by atoms with Crippen molar-refractivity contribution in [2.24, 2.45) is 0 Å². The zero-order valence-corrected chi connectivity index (χ0v) is 41.3. The monoisotopic (exact) mass is 879 g/mol. The normalized spacial score (nSPS) is 13.0. The number of aliphatic carboxylic acids is 1. The average Bonchev–Trinajstić information content (AvgIpc) is 3.23. The molecule has 0 saturated heterocycles. The number of nitrogens with zero attached hydrogens (tertiary/aromatic N) is 1. The molecule has 0 aliphatic carbocycles. The fourth-order valence-corrected chi connectivity index (χ4v) is 7.40. The Morgan fingerprint density at radius 1 is 0.484 bits per heavy atom. The van der Waals surface area contributed by atoms with Gasteiger partial charge in [-0.15, -0.1) is 0 Å². The summed E-state index contributed by atoms with van der Waals surface area (Å²) >= 11 is 0. The van der Waals surface area contributed by atoms with Crippen LogP contribution < -0.4 is 0 Å². The maximum atomic E-state index is 12.8. The molecule has 1 N–H and O–H groups in total. The fourth-order valence-electron chi connectivity index (χ4n) is 7.40. The van der Waals surface area contributed by atoms with Gasteiger partial charge in [0.2, 0.25) is 0 Å². The summed E-state index contributed by atoms with van der Waals surface area (Å²) in [7, 11) is 5.96. The molecule has 9 nitrogen and oxygen atoms in total. The number of esters is 2. The number of allylic oxidation sites excluding steroid dienone is 4. The van der Waals surface area contributed by atoms with Gasteiger partial charge in [-0.1, -0.05) is 205 Å². The van der Waals surface area contributed by atoms with Crippen LogP contribution in [0.3, 0.4) is 0 Å². The summed E-state index contributed by atoms with van der Waals surface area (Å²) in [6, 6.07) is 0. The van der Waals surface area contributed by atoms with Crippen LogP contribution >= 0.6 is 0 Å². The first-order valence-electron chi connectivity index (χ1n) is 26.0. The maximum Gasteiger partial charge on any atom is 0.361 e. The summed E-state index contributed by atoms with van der Waals surface area (Å²) in [5.74, 6) is -2.00. The molecule has 0 aliphatic heterocycles. The topological polar surface area (TPSA) is 108 Å². The highest BCUT2D eigenvalue weighted by molar-refractivity contribution is 5.71. The number of hydrogen-bond donors (Lipinski definition) is 1. The highest BCUT2D eigenvalue weighted by atomic mass is 16.7. The minimum atomic E-state index is -1.51. The van der Waals surface area contributed by atoms with Crippen molar-refractivity contribution in [3.63, 3.8) is 0 Å². The Hall–Kier alpha value is -2.23. The first-order chi connectivity index (χ1) is 30.1. The van der Waals surface area contributed by atoms with Crippen LogP contribution in [0, 0.1) is 0 Å². The quantitative estimate of drug-likeness (QED) is 0.0212. The molecule has 0 amide bonds. The summed E-state index contributed by atoms with van der Waals surface area (Å²) in [4.78, 5) is 37.3. The molecule has 364 valence electrons. The predicted molar refractivity (Wildman–Crippen MR) is 258 cm³/mol. The van der Waals surface area contributed by atoms with Gasteiger partial charge in [-0.2, -0.15) is 0 Å². The summed E-state index contributed by atoms with van der Waals surface area (Å²) in [6.45, 7) is 4.88. The number of carbonyl (C=O) groups excluding carboxylic acids is 2. The third kappa shape index (κ3) is 45.8. The second kappa shape index (κ2) is 45.3. The van der Waals surface area contributed by atoms with Crippen LogP contribution in [0.4, 0.5) is 0 Å². The second-order valence-corrected chi connectivity index (χ2v) is 18.8. The number of likely N-dealkylation sites (N-methyl/N-ethyl adjacent to an activating group) is 1. The smallest absolute Gasteiger partial charge is 0.361 e.